The molecule has 0 fully saturated rings. The molecule has 1 unspecified atom stereocenters. The molecule has 0 bridgehead atoms. The van der Waals surface area contributed by atoms with Gasteiger partial charge in [0.1, 0.15) is 5.52 Å². The minimum Gasteiger partial charge on any atom is -0.359 e. The molecule has 2 aromatic rings. The predicted octanol–water partition coefficient (Wildman–Crippen LogP) is 1.97. The fourth-order valence-corrected chi connectivity index (χ4v) is 1.87. The van der Waals surface area contributed by atoms with Crippen LogP contribution in [0.25, 0.3) is 11.0 Å². The number of benzene rings is 1. The van der Waals surface area contributed by atoms with Crippen LogP contribution in [0.1, 0.15) is 6.23 Å². The molecule has 1 atom stereocenters. The van der Waals surface area contributed by atoms with Gasteiger partial charge < -0.3 is 4.74 Å². The summed E-state index contributed by atoms with van der Waals surface area (Å²) in [5.74, 6) is 0. The van der Waals surface area contributed by atoms with Crippen LogP contribution in [-0.4, -0.2) is 27.4 Å². The van der Waals surface area contributed by atoms with Crippen molar-refractivity contribution >= 4 is 27.0 Å². The van der Waals surface area contributed by atoms with Gasteiger partial charge in [-0.2, -0.15) is 0 Å². The molecule has 0 spiro atoms. The first-order valence-electron chi connectivity index (χ1n) is 4.25. The van der Waals surface area contributed by atoms with E-state index in [1.54, 1.807) is 11.8 Å². The SMILES string of the molecule is COC(CBr)n1nnc2ccccc21. The lowest BCUT2D eigenvalue weighted by atomic mass is 10.3. The highest BCUT2D eigenvalue weighted by molar-refractivity contribution is 9.09. The third-order valence-corrected chi connectivity index (χ3v) is 2.61. The molecule has 0 aliphatic rings. The number of methoxy groups -OCH3 is 1. The first kappa shape index (κ1) is 9.61. The number of hydrogen-bond acceptors (Lipinski definition) is 3. The molecule has 4 nitrogen and oxygen atoms in total. The number of aromatic nitrogens is 3. The largest absolute Gasteiger partial charge is 0.359 e. The molecule has 5 heteroatoms. The van der Waals surface area contributed by atoms with Crippen LogP contribution in [0.5, 0.6) is 0 Å². The molecule has 0 saturated carbocycles. The number of hydrogen-bond donors (Lipinski definition) is 0. The topological polar surface area (TPSA) is 39.9 Å². The number of ether oxygens (including phenoxy) is 1. The minimum absolute atomic E-state index is 0.109. The van der Waals surface area contributed by atoms with Crippen LogP contribution in [0, 0.1) is 0 Å². The second kappa shape index (κ2) is 4.06. The van der Waals surface area contributed by atoms with Crippen molar-refractivity contribution in [2.75, 3.05) is 12.4 Å². The average molecular weight is 256 g/mol. The van der Waals surface area contributed by atoms with E-state index in [0.29, 0.717) is 5.33 Å². The molecule has 2 rings (SSSR count). The van der Waals surface area contributed by atoms with E-state index in [-0.39, 0.29) is 6.23 Å². The lowest BCUT2D eigenvalue weighted by molar-refractivity contribution is 0.0573. The monoisotopic (exact) mass is 255 g/mol. The molecule has 0 aliphatic carbocycles. The number of para-hydroxylation sites is 1. The van der Waals surface area contributed by atoms with Gasteiger partial charge in [0, 0.05) is 7.11 Å². The van der Waals surface area contributed by atoms with Crippen molar-refractivity contribution in [2.24, 2.45) is 0 Å². The number of halogens is 1. The first-order valence-corrected chi connectivity index (χ1v) is 5.37. The molecule has 0 saturated heterocycles. The van der Waals surface area contributed by atoms with E-state index in [1.165, 1.54) is 0 Å². The Morgan fingerprint density at radius 1 is 1.50 bits per heavy atom. The highest BCUT2D eigenvalue weighted by Crippen LogP contribution is 2.17. The molecule has 0 N–H and O–H groups in total. The number of nitrogens with zero attached hydrogens (tertiary/aromatic N) is 3. The van der Waals surface area contributed by atoms with E-state index in [2.05, 4.69) is 26.2 Å². The van der Waals surface area contributed by atoms with E-state index in [1.807, 2.05) is 24.3 Å². The zero-order valence-electron chi connectivity index (χ0n) is 7.72. The van der Waals surface area contributed by atoms with Crippen LogP contribution in [0.4, 0.5) is 0 Å². The third kappa shape index (κ3) is 1.53. The van der Waals surface area contributed by atoms with Crippen LogP contribution in [-0.2, 0) is 4.74 Å². The van der Waals surface area contributed by atoms with Crippen LogP contribution >= 0.6 is 15.9 Å². The summed E-state index contributed by atoms with van der Waals surface area (Å²) in [5, 5.41) is 8.79. The van der Waals surface area contributed by atoms with E-state index in [4.69, 9.17) is 4.74 Å². The molecule has 74 valence electrons. The van der Waals surface area contributed by atoms with E-state index in [0.717, 1.165) is 11.0 Å². The predicted molar refractivity (Wildman–Crippen MR) is 57.4 cm³/mol. The zero-order chi connectivity index (χ0) is 9.97. The van der Waals surface area contributed by atoms with Gasteiger partial charge in [-0.1, -0.05) is 33.3 Å². The Bertz CT molecular complexity index is 425. The second-order valence-corrected chi connectivity index (χ2v) is 3.51. The smallest absolute Gasteiger partial charge is 0.161 e. The standard InChI is InChI=1S/C9H10BrN3O/c1-14-9(6-10)13-8-5-3-2-4-7(8)11-12-13/h2-5,9H,6H2,1H3. The Morgan fingerprint density at radius 3 is 3.00 bits per heavy atom. The fourth-order valence-electron chi connectivity index (χ4n) is 1.33. The van der Waals surface area contributed by atoms with Gasteiger partial charge in [0.15, 0.2) is 6.23 Å². The first-order chi connectivity index (χ1) is 6.86. The van der Waals surface area contributed by atoms with E-state index < -0.39 is 0 Å². The van der Waals surface area contributed by atoms with Crippen molar-refractivity contribution in [3.63, 3.8) is 0 Å². The Balaban J connectivity index is 2.51. The van der Waals surface area contributed by atoms with Crippen molar-refractivity contribution in [2.45, 2.75) is 6.23 Å². The molecule has 14 heavy (non-hydrogen) atoms. The summed E-state index contributed by atoms with van der Waals surface area (Å²) < 4.78 is 7.03. The number of fused-ring (bicyclic) bond motifs is 1. The summed E-state index contributed by atoms with van der Waals surface area (Å²) in [6, 6.07) is 7.81. The summed E-state index contributed by atoms with van der Waals surface area (Å²) in [6.45, 7) is 0. The number of rotatable bonds is 3. The third-order valence-electron chi connectivity index (χ3n) is 2.05. The number of alkyl halides is 1. The second-order valence-electron chi connectivity index (χ2n) is 2.87. The molecule has 0 radical (unpaired) electrons. The van der Waals surface area contributed by atoms with Crippen molar-refractivity contribution in [1.82, 2.24) is 15.0 Å². The summed E-state index contributed by atoms with van der Waals surface area (Å²) in [5.41, 5.74) is 1.87. The highest BCUT2D eigenvalue weighted by Gasteiger charge is 2.12. The maximum atomic E-state index is 5.27. The quantitative estimate of drug-likeness (QED) is 0.788. The van der Waals surface area contributed by atoms with Gasteiger partial charge in [-0.15, -0.1) is 5.10 Å². The van der Waals surface area contributed by atoms with Gasteiger partial charge in [0.2, 0.25) is 0 Å². The minimum atomic E-state index is -0.109. The molecular formula is C9H10BrN3O. The van der Waals surface area contributed by atoms with Crippen molar-refractivity contribution in [1.29, 1.82) is 0 Å². The van der Waals surface area contributed by atoms with Gasteiger partial charge in [0.05, 0.1) is 10.8 Å². The summed E-state index contributed by atoms with van der Waals surface area (Å²) >= 11 is 3.37. The molecule has 1 aromatic carbocycles. The normalized spacial score (nSPS) is 13.3. The van der Waals surface area contributed by atoms with E-state index >= 15 is 0 Å². The van der Waals surface area contributed by atoms with Crippen molar-refractivity contribution < 1.29 is 4.74 Å². The van der Waals surface area contributed by atoms with Crippen LogP contribution in [0.3, 0.4) is 0 Å². The summed E-state index contributed by atoms with van der Waals surface area (Å²) in [4.78, 5) is 0. The van der Waals surface area contributed by atoms with Gasteiger partial charge in [-0.05, 0) is 12.1 Å². The van der Waals surface area contributed by atoms with Gasteiger partial charge in [0.25, 0.3) is 0 Å². The molecule has 1 aromatic heterocycles. The Labute approximate surface area is 90.0 Å². The van der Waals surface area contributed by atoms with Gasteiger partial charge >= 0.3 is 0 Å². The zero-order valence-corrected chi connectivity index (χ0v) is 9.31. The van der Waals surface area contributed by atoms with Gasteiger partial charge in [-0.25, -0.2) is 4.68 Å². The van der Waals surface area contributed by atoms with Crippen LogP contribution in [0.15, 0.2) is 24.3 Å². The fraction of sp³-hybridized carbons (Fsp3) is 0.333. The Kier molecular flexibility index (Phi) is 2.79. The van der Waals surface area contributed by atoms with E-state index in [9.17, 15) is 0 Å². The van der Waals surface area contributed by atoms with Crippen molar-refractivity contribution in [3.8, 4) is 0 Å². The van der Waals surface area contributed by atoms with Crippen LogP contribution in [0.2, 0.25) is 0 Å². The Morgan fingerprint density at radius 2 is 2.29 bits per heavy atom. The Hall–Kier alpha value is -0.940. The maximum Gasteiger partial charge on any atom is 0.161 e. The maximum absolute atomic E-state index is 5.27. The van der Waals surface area contributed by atoms with Crippen molar-refractivity contribution in [3.05, 3.63) is 24.3 Å². The van der Waals surface area contributed by atoms with Gasteiger partial charge in [-0.3, -0.25) is 0 Å². The molecular weight excluding hydrogens is 246 g/mol. The molecule has 0 aliphatic heterocycles. The highest BCUT2D eigenvalue weighted by atomic mass is 79.9. The molecule has 0 amide bonds. The van der Waals surface area contributed by atoms with Crippen LogP contribution < -0.4 is 0 Å². The lowest BCUT2D eigenvalue weighted by Gasteiger charge is -2.12. The summed E-state index contributed by atoms with van der Waals surface area (Å²) in [7, 11) is 1.66. The average Bonchev–Trinajstić information content (AvgIpc) is 2.65. The lowest BCUT2D eigenvalue weighted by Crippen LogP contribution is -2.13. The molecule has 1 heterocycles. The summed E-state index contributed by atoms with van der Waals surface area (Å²) in [6.07, 6.45) is -0.109.